The van der Waals surface area contributed by atoms with Crippen LogP contribution >= 0.6 is 11.6 Å². The molecule has 0 bridgehead atoms. The number of para-hydroxylation sites is 1. The van der Waals surface area contributed by atoms with Crippen molar-refractivity contribution in [1.82, 2.24) is 30.4 Å². The molecule has 8 rings (SSSR count). The first kappa shape index (κ1) is 37.1. The monoisotopic (exact) mass is 777 g/mol. The highest BCUT2D eigenvalue weighted by atomic mass is 35.5. The number of fused-ring (bicyclic) bond motifs is 3. The standard InChI is InChI=1S/C41H40ClN7O7/c42-25-9-10-27-31(21-25)45-32(29-23-44-30-7-2-1-5-26(29)30)22-34(27)48-17-15-47(16-18-48)14-4-19-55-20-13-43-37(51)24-56-35-8-3-6-28-38(35)41(54)49(40(28)53)33-11-12-36(50)46-39(33)52/h1-3,5-10,21-23,33,44H,4,11-20,24H2,(H,43,51)(H,46,50,52). The molecule has 3 N–H and O–H groups in total. The number of carbonyl (C=O) groups is 5. The lowest BCUT2D eigenvalue weighted by Crippen LogP contribution is -2.54. The fraction of sp³-hybridized carbons (Fsp3) is 0.317. The Morgan fingerprint density at radius 2 is 1.75 bits per heavy atom. The van der Waals surface area contributed by atoms with E-state index in [4.69, 9.17) is 26.1 Å². The number of piperazine rings is 1. The molecular weight excluding hydrogens is 738 g/mol. The fourth-order valence-corrected chi connectivity index (χ4v) is 7.80. The zero-order chi connectivity index (χ0) is 38.8. The van der Waals surface area contributed by atoms with E-state index in [9.17, 15) is 24.0 Å². The van der Waals surface area contributed by atoms with E-state index < -0.39 is 35.6 Å². The first-order valence-corrected chi connectivity index (χ1v) is 19.1. The number of carbonyl (C=O) groups excluding carboxylic acids is 5. The minimum absolute atomic E-state index is 0.00781. The number of aromatic nitrogens is 2. The molecule has 3 aromatic carbocycles. The van der Waals surface area contributed by atoms with Crippen molar-refractivity contribution < 1.29 is 33.4 Å². The molecule has 0 aliphatic carbocycles. The molecular formula is C41H40ClN7O7. The van der Waals surface area contributed by atoms with E-state index in [1.807, 2.05) is 30.5 Å². The maximum absolute atomic E-state index is 13.2. The molecule has 2 aromatic heterocycles. The fourth-order valence-electron chi connectivity index (χ4n) is 7.63. The van der Waals surface area contributed by atoms with Crippen molar-refractivity contribution in [3.63, 3.8) is 0 Å². The quantitative estimate of drug-likeness (QED) is 0.117. The van der Waals surface area contributed by atoms with Gasteiger partial charge in [-0.2, -0.15) is 0 Å². The Morgan fingerprint density at radius 3 is 2.59 bits per heavy atom. The summed E-state index contributed by atoms with van der Waals surface area (Å²) < 4.78 is 11.4. The summed E-state index contributed by atoms with van der Waals surface area (Å²) in [4.78, 5) is 76.8. The Morgan fingerprint density at radius 1 is 0.911 bits per heavy atom. The number of pyridine rings is 1. The van der Waals surface area contributed by atoms with Crippen molar-refractivity contribution in [2.45, 2.75) is 25.3 Å². The van der Waals surface area contributed by atoms with Gasteiger partial charge in [0.2, 0.25) is 11.8 Å². The third kappa shape index (κ3) is 7.55. The van der Waals surface area contributed by atoms with Gasteiger partial charge in [0.25, 0.3) is 17.7 Å². The normalized spacial score (nSPS) is 17.5. The van der Waals surface area contributed by atoms with Gasteiger partial charge in [-0.1, -0.05) is 35.9 Å². The lowest BCUT2D eigenvalue weighted by Gasteiger charge is -2.36. The van der Waals surface area contributed by atoms with E-state index in [2.05, 4.69) is 49.7 Å². The molecule has 2 fully saturated rings. The molecule has 0 saturated carbocycles. The molecule has 5 heterocycles. The molecule has 3 aliphatic rings. The van der Waals surface area contributed by atoms with E-state index in [0.717, 1.165) is 82.8 Å². The van der Waals surface area contributed by atoms with Gasteiger partial charge in [-0.15, -0.1) is 0 Å². The second-order valence-corrected chi connectivity index (χ2v) is 14.4. The van der Waals surface area contributed by atoms with Crippen LogP contribution in [0.15, 0.2) is 72.9 Å². The lowest BCUT2D eigenvalue weighted by atomic mass is 10.0. The van der Waals surface area contributed by atoms with Crippen LogP contribution < -0.4 is 20.3 Å². The summed E-state index contributed by atoms with van der Waals surface area (Å²) in [6.07, 6.45) is 2.93. The van der Waals surface area contributed by atoms with Crippen LogP contribution in [-0.4, -0.2) is 114 Å². The summed E-state index contributed by atoms with van der Waals surface area (Å²) in [6, 6.07) is 19.7. The minimum atomic E-state index is -1.09. The smallest absolute Gasteiger partial charge is 0.266 e. The van der Waals surface area contributed by atoms with Crippen LogP contribution in [0.3, 0.4) is 0 Å². The third-order valence-electron chi connectivity index (χ3n) is 10.4. The predicted molar refractivity (Wildman–Crippen MR) is 210 cm³/mol. The van der Waals surface area contributed by atoms with Crippen molar-refractivity contribution in [3.8, 4) is 17.0 Å². The molecule has 5 aromatic rings. The summed E-state index contributed by atoms with van der Waals surface area (Å²) in [6.45, 7) is 5.24. The van der Waals surface area contributed by atoms with Crippen molar-refractivity contribution in [2.24, 2.45) is 0 Å². The molecule has 288 valence electrons. The van der Waals surface area contributed by atoms with Crippen molar-refractivity contribution in [2.75, 3.05) is 64.0 Å². The predicted octanol–water partition coefficient (Wildman–Crippen LogP) is 4.16. The average Bonchev–Trinajstić information content (AvgIpc) is 3.75. The van der Waals surface area contributed by atoms with Crippen LogP contribution in [0.5, 0.6) is 5.75 Å². The molecule has 14 nitrogen and oxygen atoms in total. The first-order valence-electron chi connectivity index (χ1n) is 18.7. The molecule has 2 saturated heterocycles. The lowest BCUT2D eigenvalue weighted by molar-refractivity contribution is -0.136. The number of hydrogen-bond acceptors (Lipinski definition) is 10. The van der Waals surface area contributed by atoms with E-state index in [1.54, 1.807) is 6.07 Å². The summed E-state index contributed by atoms with van der Waals surface area (Å²) in [5.41, 5.74) is 5.12. The number of piperidine rings is 1. The molecule has 0 radical (unpaired) electrons. The Balaban J connectivity index is 0.765. The molecule has 1 atom stereocenters. The largest absolute Gasteiger partial charge is 0.483 e. The number of benzene rings is 3. The van der Waals surface area contributed by atoms with E-state index in [0.29, 0.717) is 18.2 Å². The Kier molecular flexibility index (Phi) is 10.7. The maximum Gasteiger partial charge on any atom is 0.266 e. The van der Waals surface area contributed by atoms with Crippen molar-refractivity contribution >= 4 is 68.6 Å². The van der Waals surface area contributed by atoms with Crippen LogP contribution in [0.1, 0.15) is 40.0 Å². The van der Waals surface area contributed by atoms with Crippen molar-refractivity contribution in [1.29, 1.82) is 0 Å². The number of imide groups is 2. The van der Waals surface area contributed by atoms with Crippen LogP contribution in [0.4, 0.5) is 5.69 Å². The van der Waals surface area contributed by atoms with E-state index in [-0.39, 0.29) is 42.9 Å². The molecule has 15 heteroatoms. The summed E-state index contributed by atoms with van der Waals surface area (Å²) >= 11 is 6.40. The second-order valence-electron chi connectivity index (χ2n) is 14.0. The number of halogens is 1. The number of anilines is 1. The zero-order valence-corrected chi connectivity index (χ0v) is 31.3. The van der Waals surface area contributed by atoms with Gasteiger partial charge in [0.05, 0.1) is 28.9 Å². The molecule has 5 amide bonds. The van der Waals surface area contributed by atoms with Crippen LogP contribution in [0.25, 0.3) is 33.1 Å². The third-order valence-corrected chi connectivity index (χ3v) is 10.7. The number of amides is 5. The maximum atomic E-state index is 13.2. The number of nitrogens with one attached hydrogen (secondary N) is 3. The van der Waals surface area contributed by atoms with Gasteiger partial charge in [0.15, 0.2) is 6.61 Å². The van der Waals surface area contributed by atoms with Crippen LogP contribution in [0.2, 0.25) is 5.02 Å². The van der Waals surface area contributed by atoms with Gasteiger partial charge < -0.3 is 24.7 Å². The van der Waals surface area contributed by atoms with Crippen molar-refractivity contribution in [3.05, 3.63) is 89.1 Å². The number of rotatable bonds is 13. The molecule has 3 aliphatic heterocycles. The Hall–Kier alpha value is -5.83. The number of hydrogen-bond donors (Lipinski definition) is 3. The number of H-pyrrole nitrogens is 1. The Labute approximate surface area is 327 Å². The molecule has 56 heavy (non-hydrogen) atoms. The van der Waals surface area contributed by atoms with Crippen LogP contribution in [-0.2, 0) is 19.1 Å². The van der Waals surface area contributed by atoms with Crippen LogP contribution in [0, 0.1) is 0 Å². The van der Waals surface area contributed by atoms with Gasteiger partial charge >= 0.3 is 0 Å². The highest BCUT2D eigenvalue weighted by Gasteiger charge is 2.46. The van der Waals surface area contributed by atoms with Gasteiger partial charge in [-0.3, -0.25) is 39.1 Å². The molecule has 0 spiro atoms. The topological polar surface area (TPSA) is 166 Å². The number of nitrogens with zero attached hydrogens (tertiary/aromatic N) is 4. The molecule has 1 unspecified atom stereocenters. The SMILES string of the molecule is O=C(COc1cccc2c1C(=O)N(C1CCC(=O)NC1=O)C2=O)NCCOCCCN1CCN(c2cc(-c3c[nH]c4ccccc34)nc3cc(Cl)ccc23)CC1. The summed E-state index contributed by atoms with van der Waals surface area (Å²) in [7, 11) is 0. The number of aromatic amines is 1. The van der Waals surface area contributed by atoms with Gasteiger partial charge in [0.1, 0.15) is 11.8 Å². The minimum Gasteiger partial charge on any atom is -0.483 e. The average molecular weight is 778 g/mol. The van der Waals surface area contributed by atoms with E-state index >= 15 is 0 Å². The summed E-state index contributed by atoms with van der Waals surface area (Å²) in [5, 5.41) is 7.77. The Bertz CT molecular complexity index is 2360. The van der Waals surface area contributed by atoms with Gasteiger partial charge in [0, 0.05) is 91.1 Å². The van der Waals surface area contributed by atoms with Gasteiger partial charge in [-0.25, -0.2) is 4.98 Å². The highest BCUT2D eigenvalue weighted by molar-refractivity contribution is 6.31. The first-order chi connectivity index (χ1) is 27.2. The summed E-state index contributed by atoms with van der Waals surface area (Å²) in [5.74, 6) is -2.84. The second kappa shape index (κ2) is 16.1. The van der Waals surface area contributed by atoms with Gasteiger partial charge in [-0.05, 0) is 55.3 Å². The highest BCUT2D eigenvalue weighted by Crippen LogP contribution is 2.36. The zero-order valence-electron chi connectivity index (χ0n) is 30.5. The number of ether oxygens (including phenoxy) is 2. The van der Waals surface area contributed by atoms with E-state index in [1.165, 1.54) is 12.1 Å².